The Morgan fingerprint density at radius 3 is 2.62 bits per heavy atom. The molecule has 6 nitrogen and oxygen atoms in total. The molecule has 1 amide bonds. The van der Waals surface area contributed by atoms with Crippen molar-refractivity contribution in [3.8, 4) is 0 Å². The van der Waals surface area contributed by atoms with E-state index < -0.39 is 5.91 Å². The molecule has 1 aliphatic rings. The Morgan fingerprint density at radius 1 is 1.12 bits per heavy atom. The number of hydrogen-bond donors (Lipinski definition) is 1. The van der Waals surface area contributed by atoms with Crippen LogP contribution in [0.15, 0.2) is 42.9 Å². The predicted octanol–water partition coefficient (Wildman–Crippen LogP) is 1.33. The van der Waals surface area contributed by atoms with Crippen LogP contribution in [0.3, 0.4) is 0 Å². The van der Waals surface area contributed by atoms with E-state index in [4.69, 9.17) is 5.73 Å². The van der Waals surface area contributed by atoms with E-state index in [0.717, 1.165) is 45.6 Å². The SMILES string of the molecule is NC(=O)c1cccnc1N1CCN(CCCc2cccnc2)CC1. The fourth-order valence-corrected chi connectivity index (χ4v) is 3.08. The van der Waals surface area contributed by atoms with Gasteiger partial charge in [0, 0.05) is 44.8 Å². The lowest BCUT2D eigenvalue weighted by molar-refractivity contribution is 0.1000. The van der Waals surface area contributed by atoms with Gasteiger partial charge >= 0.3 is 0 Å². The standard InChI is InChI=1S/C18H23N5O/c19-17(24)16-6-2-8-21-18(16)23-12-10-22(11-13-23)9-3-5-15-4-1-7-20-14-15/h1-2,4,6-8,14H,3,5,9-13H2,(H2,19,24). The number of carbonyl (C=O) groups is 1. The van der Waals surface area contributed by atoms with Gasteiger partial charge in [0.05, 0.1) is 5.56 Å². The molecule has 0 radical (unpaired) electrons. The predicted molar refractivity (Wildman–Crippen MR) is 94.0 cm³/mol. The first-order valence-electron chi connectivity index (χ1n) is 8.35. The van der Waals surface area contributed by atoms with Gasteiger partial charge in [-0.3, -0.25) is 14.7 Å². The molecule has 2 aromatic rings. The number of primary amides is 1. The fraction of sp³-hybridized carbons (Fsp3) is 0.389. The number of hydrogen-bond acceptors (Lipinski definition) is 5. The van der Waals surface area contributed by atoms with Crippen LogP contribution in [0.4, 0.5) is 5.82 Å². The maximum atomic E-state index is 11.5. The van der Waals surface area contributed by atoms with Crippen molar-refractivity contribution >= 4 is 11.7 Å². The largest absolute Gasteiger partial charge is 0.365 e. The molecule has 0 aromatic carbocycles. The van der Waals surface area contributed by atoms with Crippen molar-refractivity contribution in [2.24, 2.45) is 5.73 Å². The van der Waals surface area contributed by atoms with Crippen LogP contribution in [0.5, 0.6) is 0 Å². The number of aryl methyl sites for hydroxylation is 1. The number of nitrogens with zero attached hydrogens (tertiary/aromatic N) is 4. The minimum atomic E-state index is -0.419. The van der Waals surface area contributed by atoms with E-state index in [2.05, 4.69) is 25.8 Å². The molecule has 0 aliphatic carbocycles. The summed E-state index contributed by atoms with van der Waals surface area (Å²) >= 11 is 0. The topological polar surface area (TPSA) is 75.4 Å². The van der Waals surface area contributed by atoms with Gasteiger partial charge in [-0.2, -0.15) is 0 Å². The van der Waals surface area contributed by atoms with E-state index in [1.54, 1.807) is 24.5 Å². The molecular weight excluding hydrogens is 302 g/mol. The van der Waals surface area contributed by atoms with Crippen LogP contribution in [-0.2, 0) is 6.42 Å². The first-order valence-corrected chi connectivity index (χ1v) is 8.35. The molecule has 126 valence electrons. The van der Waals surface area contributed by atoms with Gasteiger partial charge < -0.3 is 10.6 Å². The molecule has 3 rings (SSSR count). The first kappa shape index (κ1) is 16.4. The lowest BCUT2D eigenvalue weighted by Gasteiger charge is -2.36. The number of carbonyl (C=O) groups excluding carboxylic acids is 1. The van der Waals surface area contributed by atoms with Crippen molar-refractivity contribution < 1.29 is 4.79 Å². The minimum Gasteiger partial charge on any atom is -0.365 e. The Bertz CT molecular complexity index is 668. The van der Waals surface area contributed by atoms with Crippen molar-refractivity contribution in [1.29, 1.82) is 0 Å². The highest BCUT2D eigenvalue weighted by molar-refractivity contribution is 5.97. The van der Waals surface area contributed by atoms with Crippen molar-refractivity contribution in [2.45, 2.75) is 12.8 Å². The normalized spacial score (nSPS) is 15.4. The average molecular weight is 325 g/mol. The van der Waals surface area contributed by atoms with Crippen LogP contribution >= 0.6 is 0 Å². The third-order valence-corrected chi connectivity index (χ3v) is 4.39. The van der Waals surface area contributed by atoms with Crippen LogP contribution < -0.4 is 10.6 Å². The van der Waals surface area contributed by atoms with Crippen LogP contribution in [0.1, 0.15) is 22.3 Å². The average Bonchev–Trinajstić information content (AvgIpc) is 2.63. The smallest absolute Gasteiger partial charge is 0.252 e. The number of aromatic nitrogens is 2. The van der Waals surface area contributed by atoms with E-state index in [9.17, 15) is 4.79 Å². The van der Waals surface area contributed by atoms with E-state index >= 15 is 0 Å². The maximum Gasteiger partial charge on any atom is 0.252 e. The zero-order valence-electron chi connectivity index (χ0n) is 13.8. The second-order valence-corrected chi connectivity index (χ2v) is 6.03. The van der Waals surface area contributed by atoms with Gasteiger partial charge in [0.15, 0.2) is 0 Å². The summed E-state index contributed by atoms with van der Waals surface area (Å²) in [7, 11) is 0. The summed E-state index contributed by atoms with van der Waals surface area (Å²) in [5.41, 5.74) is 7.24. The van der Waals surface area contributed by atoms with E-state index in [-0.39, 0.29) is 0 Å². The molecule has 24 heavy (non-hydrogen) atoms. The number of pyridine rings is 2. The van der Waals surface area contributed by atoms with E-state index in [0.29, 0.717) is 11.4 Å². The molecule has 2 aromatic heterocycles. The molecule has 0 unspecified atom stereocenters. The van der Waals surface area contributed by atoms with E-state index in [1.165, 1.54) is 5.56 Å². The number of amides is 1. The summed E-state index contributed by atoms with van der Waals surface area (Å²) in [5.74, 6) is 0.289. The van der Waals surface area contributed by atoms with Crippen LogP contribution in [0, 0.1) is 0 Å². The lowest BCUT2D eigenvalue weighted by atomic mass is 10.1. The molecule has 3 heterocycles. The first-order chi connectivity index (χ1) is 11.7. The molecule has 0 saturated carbocycles. The Hall–Kier alpha value is -2.47. The monoisotopic (exact) mass is 325 g/mol. The number of rotatable bonds is 6. The van der Waals surface area contributed by atoms with Crippen molar-refractivity contribution in [3.63, 3.8) is 0 Å². The third kappa shape index (κ3) is 4.08. The molecule has 0 atom stereocenters. The minimum absolute atomic E-state index is 0.419. The second kappa shape index (κ2) is 7.88. The van der Waals surface area contributed by atoms with Crippen molar-refractivity contribution in [1.82, 2.24) is 14.9 Å². The van der Waals surface area contributed by atoms with Gasteiger partial charge in [-0.1, -0.05) is 6.07 Å². The summed E-state index contributed by atoms with van der Waals surface area (Å²) in [5, 5.41) is 0. The number of nitrogens with two attached hydrogens (primary N) is 1. The molecular formula is C18H23N5O. The Morgan fingerprint density at radius 2 is 1.92 bits per heavy atom. The highest BCUT2D eigenvalue weighted by Crippen LogP contribution is 2.18. The molecule has 1 saturated heterocycles. The molecule has 1 aliphatic heterocycles. The van der Waals surface area contributed by atoms with Crippen molar-refractivity contribution in [3.05, 3.63) is 54.0 Å². The molecule has 1 fully saturated rings. The zero-order chi connectivity index (χ0) is 16.8. The molecule has 6 heteroatoms. The molecule has 0 bridgehead atoms. The second-order valence-electron chi connectivity index (χ2n) is 6.03. The summed E-state index contributed by atoms with van der Waals surface area (Å²) < 4.78 is 0. The van der Waals surface area contributed by atoms with Crippen LogP contribution in [0.2, 0.25) is 0 Å². The van der Waals surface area contributed by atoms with Gasteiger partial charge in [0.1, 0.15) is 5.82 Å². The fourth-order valence-electron chi connectivity index (χ4n) is 3.08. The Balaban J connectivity index is 1.48. The summed E-state index contributed by atoms with van der Waals surface area (Å²) in [6.07, 6.45) is 7.63. The quantitative estimate of drug-likeness (QED) is 0.867. The number of piperazine rings is 1. The van der Waals surface area contributed by atoms with Crippen molar-refractivity contribution in [2.75, 3.05) is 37.6 Å². The third-order valence-electron chi connectivity index (χ3n) is 4.39. The maximum absolute atomic E-state index is 11.5. The lowest BCUT2D eigenvalue weighted by Crippen LogP contribution is -2.47. The van der Waals surface area contributed by atoms with Gasteiger partial charge in [0.2, 0.25) is 0 Å². The highest BCUT2D eigenvalue weighted by Gasteiger charge is 2.21. The summed E-state index contributed by atoms with van der Waals surface area (Å²) in [6, 6.07) is 7.60. The Kier molecular flexibility index (Phi) is 5.38. The van der Waals surface area contributed by atoms with Gasteiger partial charge in [-0.25, -0.2) is 4.98 Å². The summed E-state index contributed by atoms with van der Waals surface area (Å²) in [6.45, 7) is 4.76. The van der Waals surface area contributed by atoms with Gasteiger partial charge in [-0.05, 0) is 43.1 Å². The molecule has 2 N–H and O–H groups in total. The number of anilines is 1. The van der Waals surface area contributed by atoms with Crippen LogP contribution in [0.25, 0.3) is 0 Å². The molecule has 0 spiro atoms. The highest BCUT2D eigenvalue weighted by atomic mass is 16.1. The Labute approximate surface area is 142 Å². The zero-order valence-corrected chi connectivity index (χ0v) is 13.8. The van der Waals surface area contributed by atoms with Crippen LogP contribution in [-0.4, -0.2) is 53.5 Å². The van der Waals surface area contributed by atoms with Gasteiger partial charge in [-0.15, -0.1) is 0 Å². The van der Waals surface area contributed by atoms with E-state index in [1.807, 2.05) is 12.3 Å². The summed E-state index contributed by atoms with van der Waals surface area (Å²) in [4.78, 5) is 24.7. The van der Waals surface area contributed by atoms with Gasteiger partial charge in [0.25, 0.3) is 5.91 Å².